The molecule has 3 rings (SSSR count). The molecule has 2 aliphatic carbocycles. The molecule has 2 nitrogen and oxygen atoms in total. The predicted molar refractivity (Wildman–Crippen MR) is 76.6 cm³/mol. The van der Waals surface area contributed by atoms with Gasteiger partial charge in [0.05, 0.1) is 12.7 Å². The van der Waals surface area contributed by atoms with Crippen molar-refractivity contribution in [1.82, 2.24) is 0 Å². The van der Waals surface area contributed by atoms with Gasteiger partial charge in [-0.25, -0.2) is 0 Å². The lowest BCUT2D eigenvalue weighted by Gasteiger charge is -2.40. The van der Waals surface area contributed by atoms with Crippen molar-refractivity contribution in [1.29, 1.82) is 0 Å². The van der Waals surface area contributed by atoms with E-state index < -0.39 is 5.60 Å². The second kappa shape index (κ2) is 5.16. The molecule has 104 valence electrons. The van der Waals surface area contributed by atoms with Crippen LogP contribution in [-0.4, -0.2) is 12.2 Å². The van der Waals surface area contributed by atoms with Gasteiger partial charge < -0.3 is 9.84 Å². The lowest BCUT2D eigenvalue weighted by Crippen LogP contribution is -2.35. The van der Waals surface area contributed by atoms with E-state index in [-0.39, 0.29) is 0 Å². The molecular formula is C17H24O2. The van der Waals surface area contributed by atoms with Crippen LogP contribution in [0.4, 0.5) is 0 Å². The predicted octanol–water partition coefficient (Wildman–Crippen LogP) is 4.11. The fourth-order valence-electron chi connectivity index (χ4n) is 3.62. The van der Waals surface area contributed by atoms with Crippen LogP contribution in [0, 0.1) is 0 Å². The van der Waals surface area contributed by atoms with E-state index in [4.69, 9.17) is 4.74 Å². The van der Waals surface area contributed by atoms with E-state index >= 15 is 0 Å². The number of ether oxygens (including phenoxy) is 1. The van der Waals surface area contributed by atoms with Gasteiger partial charge in [-0.2, -0.15) is 0 Å². The molecule has 2 fully saturated rings. The van der Waals surface area contributed by atoms with E-state index in [1.807, 2.05) is 6.07 Å². The summed E-state index contributed by atoms with van der Waals surface area (Å²) < 4.78 is 5.38. The fraction of sp³-hybridized carbons (Fsp3) is 0.647. The molecule has 0 heterocycles. The van der Waals surface area contributed by atoms with Gasteiger partial charge in [0, 0.05) is 0 Å². The third kappa shape index (κ3) is 2.38. The van der Waals surface area contributed by atoms with Crippen LogP contribution in [-0.2, 0) is 5.60 Å². The van der Waals surface area contributed by atoms with Crippen molar-refractivity contribution in [2.75, 3.05) is 7.11 Å². The normalized spacial score (nSPS) is 22.8. The number of hydrogen-bond acceptors (Lipinski definition) is 2. The highest BCUT2D eigenvalue weighted by Gasteiger charge is 2.39. The molecule has 2 saturated carbocycles. The Bertz CT molecular complexity index is 443. The molecule has 0 aliphatic heterocycles. The molecule has 0 spiro atoms. The van der Waals surface area contributed by atoms with E-state index in [0.717, 1.165) is 25.0 Å². The molecule has 1 aromatic rings. The highest BCUT2D eigenvalue weighted by atomic mass is 16.5. The van der Waals surface area contributed by atoms with Crippen LogP contribution in [0.3, 0.4) is 0 Å². The van der Waals surface area contributed by atoms with Gasteiger partial charge in [0.15, 0.2) is 0 Å². The SMILES string of the molecule is COc1ccc(C2(O)CCC2)c(C2CCCCC2)c1. The summed E-state index contributed by atoms with van der Waals surface area (Å²) in [5, 5.41) is 10.7. The van der Waals surface area contributed by atoms with E-state index in [1.54, 1.807) is 7.11 Å². The van der Waals surface area contributed by atoms with E-state index in [9.17, 15) is 5.11 Å². The molecule has 0 aromatic heterocycles. The average Bonchev–Trinajstić information content (AvgIpc) is 2.45. The zero-order chi connectivity index (χ0) is 13.3. The molecular weight excluding hydrogens is 236 g/mol. The summed E-state index contributed by atoms with van der Waals surface area (Å²) in [6, 6.07) is 6.27. The number of methoxy groups -OCH3 is 1. The van der Waals surface area contributed by atoms with Gasteiger partial charge in [0.2, 0.25) is 0 Å². The Morgan fingerprint density at radius 1 is 1.11 bits per heavy atom. The molecule has 0 bridgehead atoms. The average molecular weight is 260 g/mol. The summed E-state index contributed by atoms with van der Waals surface area (Å²) in [5.41, 5.74) is 1.96. The Balaban J connectivity index is 1.97. The van der Waals surface area contributed by atoms with Crippen LogP contribution < -0.4 is 4.74 Å². The smallest absolute Gasteiger partial charge is 0.119 e. The van der Waals surface area contributed by atoms with Gasteiger partial charge in [-0.05, 0) is 61.3 Å². The van der Waals surface area contributed by atoms with Crippen molar-refractivity contribution in [3.05, 3.63) is 29.3 Å². The van der Waals surface area contributed by atoms with Crippen LogP contribution in [0.2, 0.25) is 0 Å². The van der Waals surface area contributed by atoms with Crippen LogP contribution in [0.25, 0.3) is 0 Å². The highest BCUT2D eigenvalue weighted by molar-refractivity contribution is 5.42. The van der Waals surface area contributed by atoms with E-state index in [1.165, 1.54) is 43.2 Å². The Labute approximate surface area is 115 Å². The summed E-state index contributed by atoms with van der Waals surface area (Å²) in [6.07, 6.45) is 9.50. The minimum Gasteiger partial charge on any atom is -0.497 e. The van der Waals surface area contributed by atoms with Gasteiger partial charge in [-0.3, -0.25) is 0 Å². The maximum absolute atomic E-state index is 10.7. The number of hydrogen-bond donors (Lipinski definition) is 1. The molecule has 0 unspecified atom stereocenters. The first-order valence-electron chi connectivity index (χ1n) is 7.64. The lowest BCUT2D eigenvalue weighted by atomic mass is 9.70. The van der Waals surface area contributed by atoms with Crippen molar-refractivity contribution < 1.29 is 9.84 Å². The summed E-state index contributed by atoms with van der Waals surface area (Å²) in [7, 11) is 1.72. The van der Waals surface area contributed by atoms with Crippen LogP contribution in [0.5, 0.6) is 5.75 Å². The fourth-order valence-corrected chi connectivity index (χ4v) is 3.62. The zero-order valence-electron chi connectivity index (χ0n) is 11.8. The molecule has 1 aromatic carbocycles. The van der Waals surface area contributed by atoms with Gasteiger partial charge in [-0.15, -0.1) is 0 Å². The molecule has 0 saturated heterocycles. The Morgan fingerprint density at radius 3 is 2.42 bits per heavy atom. The Kier molecular flexibility index (Phi) is 3.53. The second-order valence-electron chi connectivity index (χ2n) is 6.17. The van der Waals surface area contributed by atoms with Crippen molar-refractivity contribution in [2.45, 2.75) is 62.9 Å². The minimum absolute atomic E-state index is 0.556. The van der Waals surface area contributed by atoms with Crippen molar-refractivity contribution in [3.8, 4) is 5.75 Å². The third-order valence-electron chi connectivity index (χ3n) is 4.99. The van der Waals surface area contributed by atoms with Crippen LogP contribution >= 0.6 is 0 Å². The topological polar surface area (TPSA) is 29.5 Å². The quantitative estimate of drug-likeness (QED) is 0.886. The first-order valence-corrected chi connectivity index (χ1v) is 7.64. The van der Waals surface area contributed by atoms with Crippen molar-refractivity contribution >= 4 is 0 Å². The molecule has 19 heavy (non-hydrogen) atoms. The first-order chi connectivity index (χ1) is 9.23. The van der Waals surface area contributed by atoms with Gasteiger partial charge in [0.25, 0.3) is 0 Å². The lowest BCUT2D eigenvalue weighted by molar-refractivity contribution is -0.0399. The minimum atomic E-state index is -0.556. The van der Waals surface area contributed by atoms with E-state index in [0.29, 0.717) is 5.92 Å². The standard InChI is InChI=1S/C17H24O2/c1-19-14-8-9-16(17(18)10-5-11-17)15(12-14)13-6-3-2-4-7-13/h8-9,12-13,18H,2-7,10-11H2,1H3. The number of rotatable bonds is 3. The van der Waals surface area contributed by atoms with Crippen LogP contribution in [0.15, 0.2) is 18.2 Å². The van der Waals surface area contributed by atoms with Crippen molar-refractivity contribution in [3.63, 3.8) is 0 Å². The zero-order valence-corrected chi connectivity index (χ0v) is 11.8. The Morgan fingerprint density at radius 2 is 1.84 bits per heavy atom. The highest BCUT2D eigenvalue weighted by Crippen LogP contribution is 2.46. The third-order valence-corrected chi connectivity index (χ3v) is 4.99. The monoisotopic (exact) mass is 260 g/mol. The molecule has 2 heteroatoms. The molecule has 2 aliphatic rings. The Hall–Kier alpha value is -1.02. The number of benzene rings is 1. The van der Waals surface area contributed by atoms with Gasteiger partial charge in [-0.1, -0.05) is 25.3 Å². The summed E-state index contributed by atoms with van der Waals surface area (Å²) in [6.45, 7) is 0. The van der Waals surface area contributed by atoms with Crippen LogP contribution in [0.1, 0.15) is 68.4 Å². The number of aliphatic hydroxyl groups is 1. The second-order valence-corrected chi connectivity index (χ2v) is 6.17. The molecule has 1 N–H and O–H groups in total. The molecule has 0 radical (unpaired) electrons. The largest absolute Gasteiger partial charge is 0.497 e. The van der Waals surface area contributed by atoms with Gasteiger partial charge >= 0.3 is 0 Å². The maximum atomic E-state index is 10.7. The van der Waals surface area contributed by atoms with Crippen molar-refractivity contribution in [2.24, 2.45) is 0 Å². The summed E-state index contributed by atoms with van der Waals surface area (Å²) in [5.74, 6) is 1.54. The molecule has 0 amide bonds. The van der Waals surface area contributed by atoms with E-state index in [2.05, 4.69) is 12.1 Å². The summed E-state index contributed by atoms with van der Waals surface area (Å²) >= 11 is 0. The van der Waals surface area contributed by atoms with Gasteiger partial charge in [0.1, 0.15) is 5.75 Å². The summed E-state index contributed by atoms with van der Waals surface area (Å²) in [4.78, 5) is 0. The first kappa shape index (κ1) is 13.0. The molecule has 0 atom stereocenters. The maximum Gasteiger partial charge on any atom is 0.119 e.